The number of fused-ring (bicyclic) bond motifs is 1. The molecule has 0 aliphatic heterocycles. The number of nitrogens with zero attached hydrogens (tertiary/aromatic N) is 1. The van der Waals surface area contributed by atoms with Crippen LogP contribution in [0.3, 0.4) is 0 Å². The molecule has 1 heterocycles. The van der Waals surface area contributed by atoms with Crippen LogP contribution in [0, 0.1) is 13.8 Å². The van der Waals surface area contributed by atoms with Crippen molar-refractivity contribution < 1.29 is 9.53 Å². The van der Waals surface area contributed by atoms with Gasteiger partial charge in [0.25, 0.3) is 5.56 Å². The van der Waals surface area contributed by atoms with Gasteiger partial charge in [-0.25, -0.2) is 4.79 Å². The van der Waals surface area contributed by atoms with E-state index in [0.717, 1.165) is 11.3 Å². The highest BCUT2D eigenvalue weighted by molar-refractivity contribution is 6.05. The van der Waals surface area contributed by atoms with E-state index in [2.05, 4.69) is 0 Å². The summed E-state index contributed by atoms with van der Waals surface area (Å²) in [6.07, 6.45) is 0. The molecule has 122 valence electrons. The summed E-state index contributed by atoms with van der Waals surface area (Å²) in [5, 5.41) is 1.13. The molecule has 2 aromatic carbocycles. The van der Waals surface area contributed by atoms with Crippen LogP contribution in [0.4, 0.5) is 0 Å². The van der Waals surface area contributed by atoms with E-state index in [-0.39, 0.29) is 12.2 Å². The second-order valence-corrected chi connectivity index (χ2v) is 5.71. The van der Waals surface area contributed by atoms with Gasteiger partial charge >= 0.3 is 5.97 Å². The number of hydrogen-bond acceptors (Lipinski definition) is 3. The maximum Gasteiger partial charge on any atom is 0.340 e. The first-order chi connectivity index (χ1) is 11.5. The number of esters is 1. The Kier molecular flexibility index (Phi) is 4.21. The number of carbonyl (C=O) groups excluding carboxylic acids is 1. The predicted molar refractivity (Wildman–Crippen MR) is 95.0 cm³/mol. The molecule has 0 unspecified atom stereocenters. The van der Waals surface area contributed by atoms with Crippen molar-refractivity contribution in [1.82, 2.24) is 4.57 Å². The summed E-state index contributed by atoms with van der Waals surface area (Å²) in [7, 11) is 0. The van der Waals surface area contributed by atoms with Gasteiger partial charge in [-0.1, -0.05) is 30.3 Å². The summed E-state index contributed by atoms with van der Waals surface area (Å²) in [6.45, 7) is 5.81. The molecule has 0 bridgehead atoms. The second-order valence-electron chi connectivity index (χ2n) is 5.71. The van der Waals surface area contributed by atoms with Gasteiger partial charge in [0, 0.05) is 22.2 Å². The Balaban J connectivity index is 2.43. The van der Waals surface area contributed by atoms with Crippen LogP contribution >= 0.6 is 0 Å². The van der Waals surface area contributed by atoms with Crippen LogP contribution in [0.15, 0.2) is 53.3 Å². The van der Waals surface area contributed by atoms with E-state index >= 15 is 0 Å². The van der Waals surface area contributed by atoms with Crippen molar-refractivity contribution in [3.8, 4) is 5.69 Å². The molecule has 0 N–H and O–H groups in total. The number of benzene rings is 2. The summed E-state index contributed by atoms with van der Waals surface area (Å²) < 4.78 is 6.80. The zero-order valence-electron chi connectivity index (χ0n) is 14.0. The minimum absolute atomic E-state index is 0.137. The first-order valence-electron chi connectivity index (χ1n) is 7.93. The molecule has 0 saturated carbocycles. The van der Waals surface area contributed by atoms with E-state index in [1.165, 1.54) is 0 Å². The van der Waals surface area contributed by atoms with Crippen molar-refractivity contribution in [2.75, 3.05) is 6.61 Å². The summed E-state index contributed by atoms with van der Waals surface area (Å²) in [4.78, 5) is 25.5. The van der Waals surface area contributed by atoms with E-state index in [1.54, 1.807) is 36.6 Å². The third-order valence-electron chi connectivity index (χ3n) is 4.07. The zero-order chi connectivity index (χ0) is 17.3. The summed E-state index contributed by atoms with van der Waals surface area (Å²) in [6, 6.07) is 14.8. The molecule has 3 aromatic rings. The van der Waals surface area contributed by atoms with Crippen molar-refractivity contribution in [2.24, 2.45) is 0 Å². The minimum atomic E-state index is -0.410. The van der Waals surface area contributed by atoms with E-state index in [0.29, 0.717) is 22.0 Å². The largest absolute Gasteiger partial charge is 0.462 e. The molecule has 0 aliphatic rings. The number of carbonyl (C=O) groups is 1. The number of rotatable bonds is 3. The Morgan fingerprint density at radius 2 is 1.75 bits per heavy atom. The van der Waals surface area contributed by atoms with Gasteiger partial charge in [-0.15, -0.1) is 0 Å². The van der Waals surface area contributed by atoms with Gasteiger partial charge in [0.15, 0.2) is 0 Å². The lowest BCUT2D eigenvalue weighted by atomic mass is 10.0. The standard InChI is InChI=1S/C20H19NO3/c1-4-24-20(23)18-14(3)21(15-9-7-8-13(2)12-15)19(22)17-11-6-5-10-16(17)18/h5-12H,4H2,1-3H3. The number of hydrogen-bond donors (Lipinski definition) is 0. The first kappa shape index (κ1) is 16.0. The van der Waals surface area contributed by atoms with E-state index in [4.69, 9.17) is 4.74 Å². The summed E-state index contributed by atoms with van der Waals surface area (Å²) in [5.41, 5.74) is 2.68. The Hall–Kier alpha value is -2.88. The fraction of sp³-hybridized carbons (Fsp3) is 0.200. The molecule has 4 heteroatoms. The molecule has 0 spiro atoms. The van der Waals surface area contributed by atoms with Crippen molar-refractivity contribution in [3.63, 3.8) is 0 Å². The minimum Gasteiger partial charge on any atom is -0.462 e. The Morgan fingerprint density at radius 3 is 2.42 bits per heavy atom. The zero-order valence-corrected chi connectivity index (χ0v) is 14.0. The van der Waals surface area contributed by atoms with E-state index < -0.39 is 5.97 Å². The summed E-state index contributed by atoms with van der Waals surface area (Å²) in [5.74, 6) is -0.410. The Bertz CT molecular complexity index is 986. The van der Waals surface area contributed by atoms with Crippen LogP contribution in [0.25, 0.3) is 16.5 Å². The molecular formula is C20H19NO3. The molecule has 0 saturated heterocycles. The number of aromatic nitrogens is 1. The molecule has 0 atom stereocenters. The van der Waals surface area contributed by atoms with Crippen LogP contribution in [-0.2, 0) is 4.74 Å². The van der Waals surface area contributed by atoms with Crippen LogP contribution in [0.1, 0.15) is 28.5 Å². The van der Waals surface area contributed by atoms with Gasteiger partial charge < -0.3 is 4.74 Å². The Morgan fingerprint density at radius 1 is 1.04 bits per heavy atom. The molecule has 24 heavy (non-hydrogen) atoms. The maximum absolute atomic E-state index is 13.0. The third-order valence-corrected chi connectivity index (χ3v) is 4.07. The van der Waals surface area contributed by atoms with Crippen LogP contribution in [0.5, 0.6) is 0 Å². The number of aryl methyl sites for hydroxylation is 1. The molecule has 4 nitrogen and oxygen atoms in total. The van der Waals surface area contributed by atoms with Gasteiger partial charge in [-0.05, 0) is 44.5 Å². The topological polar surface area (TPSA) is 48.3 Å². The average molecular weight is 321 g/mol. The van der Waals surface area contributed by atoms with Crippen molar-refractivity contribution in [2.45, 2.75) is 20.8 Å². The maximum atomic E-state index is 13.0. The van der Waals surface area contributed by atoms with Crippen molar-refractivity contribution in [3.05, 3.63) is 75.7 Å². The number of ether oxygens (including phenoxy) is 1. The monoisotopic (exact) mass is 321 g/mol. The van der Waals surface area contributed by atoms with Gasteiger partial charge in [0.1, 0.15) is 0 Å². The highest BCUT2D eigenvalue weighted by atomic mass is 16.5. The Labute approximate surface area is 140 Å². The first-order valence-corrected chi connectivity index (χ1v) is 7.93. The highest BCUT2D eigenvalue weighted by Gasteiger charge is 2.20. The predicted octanol–water partition coefficient (Wildman–Crippen LogP) is 3.78. The third kappa shape index (κ3) is 2.60. The lowest BCUT2D eigenvalue weighted by molar-refractivity contribution is 0.0527. The molecule has 1 aromatic heterocycles. The fourth-order valence-electron chi connectivity index (χ4n) is 3.01. The fourth-order valence-corrected chi connectivity index (χ4v) is 3.01. The normalized spacial score (nSPS) is 10.8. The summed E-state index contributed by atoms with van der Waals surface area (Å²) >= 11 is 0. The van der Waals surface area contributed by atoms with Crippen LogP contribution < -0.4 is 5.56 Å². The van der Waals surface area contributed by atoms with Gasteiger partial charge in [0.2, 0.25) is 0 Å². The van der Waals surface area contributed by atoms with Gasteiger partial charge in [0.05, 0.1) is 12.2 Å². The lowest BCUT2D eigenvalue weighted by Gasteiger charge is -2.16. The van der Waals surface area contributed by atoms with Crippen LogP contribution in [0.2, 0.25) is 0 Å². The SMILES string of the molecule is CCOC(=O)c1c(C)n(-c2cccc(C)c2)c(=O)c2ccccc12. The molecule has 0 amide bonds. The van der Waals surface area contributed by atoms with E-state index in [9.17, 15) is 9.59 Å². The molecule has 0 radical (unpaired) electrons. The smallest absolute Gasteiger partial charge is 0.340 e. The average Bonchev–Trinajstić information content (AvgIpc) is 2.55. The number of pyridine rings is 1. The van der Waals surface area contributed by atoms with Gasteiger partial charge in [-0.2, -0.15) is 0 Å². The molecule has 0 fully saturated rings. The van der Waals surface area contributed by atoms with E-state index in [1.807, 2.05) is 37.3 Å². The van der Waals surface area contributed by atoms with Crippen LogP contribution in [-0.4, -0.2) is 17.1 Å². The molecular weight excluding hydrogens is 302 g/mol. The lowest BCUT2D eigenvalue weighted by Crippen LogP contribution is -2.25. The molecule has 3 rings (SSSR count). The molecule has 0 aliphatic carbocycles. The van der Waals surface area contributed by atoms with Crippen molar-refractivity contribution in [1.29, 1.82) is 0 Å². The van der Waals surface area contributed by atoms with Gasteiger partial charge in [-0.3, -0.25) is 9.36 Å². The quantitative estimate of drug-likeness (QED) is 0.690. The highest BCUT2D eigenvalue weighted by Crippen LogP contribution is 2.23. The van der Waals surface area contributed by atoms with Crippen molar-refractivity contribution >= 4 is 16.7 Å². The second kappa shape index (κ2) is 6.32.